The molecule has 2 N–H and O–H groups in total. The van der Waals surface area contributed by atoms with Crippen LogP contribution in [0.4, 0.5) is 22.0 Å². The lowest BCUT2D eigenvalue weighted by Crippen LogP contribution is -2.45. The van der Waals surface area contributed by atoms with Crippen molar-refractivity contribution in [1.29, 1.82) is 0 Å². The van der Waals surface area contributed by atoms with Crippen LogP contribution in [0.3, 0.4) is 0 Å². The van der Waals surface area contributed by atoms with E-state index < -0.39 is 23.7 Å². The third kappa shape index (κ3) is 2.27. The molecule has 1 atom stereocenters. The first kappa shape index (κ1) is 13.2. The molecule has 1 nitrogen and oxygen atoms in total. The van der Waals surface area contributed by atoms with Crippen LogP contribution >= 0.6 is 11.6 Å². The van der Waals surface area contributed by atoms with Crippen molar-refractivity contribution in [1.82, 2.24) is 0 Å². The number of benzene rings is 1. The summed E-state index contributed by atoms with van der Waals surface area (Å²) >= 11 is 5.49. The van der Waals surface area contributed by atoms with Gasteiger partial charge in [-0.15, -0.1) is 0 Å². The van der Waals surface area contributed by atoms with E-state index in [-0.39, 0.29) is 5.02 Å². The van der Waals surface area contributed by atoms with Crippen molar-refractivity contribution >= 4 is 11.6 Å². The number of hydrogen-bond acceptors (Lipinski definition) is 1. The Kier molecular flexibility index (Phi) is 3.44. The van der Waals surface area contributed by atoms with Crippen LogP contribution in [0.15, 0.2) is 24.3 Å². The summed E-state index contributed by atoms with van der Waals surface area (Å²) in [5, 5.41) is -0.223. The van der Waals surface area contributed by atoms with E-state index in [1.54, 1.807) is 0 Å². The lowest BCUT2D eigenvalue weighted by atomic mass is 10.0. The zero-order valence-electron chi connectivity index (χ0n) is 7.73. The molecule has 0 unspecified atom stereocenters. The minimum absolute atomic E-state index is 0.223. The maximum Gasteiger partial charge on any atom is 0.455 e. The number of alkyl halides is 5. The van der Waals surface area contributed by atoms with Gasteiger partial charge < -0.3 is 5.73 Å². The molecule has 1 aromatic rings. The average Bonchev–Trinajstić information content (AvgIpc) is 2.15. The highest BCUT2D eigenvalue weighted by Crippen LogP contribution is 2.44. The fraction of sp³-hybridized carbons (Fsp3) is 0.333. The molecule has 0 amide bonds. The maximum absolute atomic E-state index is 12.9. The Morgan fingerprint density at radius 1 is 1.06 bits per heavy atom. The monoisotopic (exact) mass is 259 g/mol. The Bertz CT molecular complexity index is 376. The van der Waals surface area contributed by atoms with Crippen molar-refractivity contribution in [3.05, 3.63) is 34.9 Å². The highest BCUT2D eigenvalue weighted by atomic mass is 35.5. The van der Waals surface area contributed by atoms with Gasteiger partial charge in [0.05, 0.1) is 0 Å². The van der Waals surface area contributed by atoms with E-state index in [1.807, 2.05) is 0 Å². The molecule has 90 valence electrons. The van der Waals surface area contributed by atoms with Gasteiger partial charge in [-0.05, 0) is 11.6 Å². The minimum Gasteiger partial charge on any atom is -0.319 e. The Labute approximate surface area is 93.0 Å². The van der Waals surface area contributed by atoms with Gasteiger partial charge in [0.15, 0.2) is 0 Å². The first-order valence-electron chi connectivity index (χ1n) is 4.12. The van der Waals surface area contributed by atoms with E-state index in [1.165, 1.54) is 18.2 Å². The van der Waals surface area contributed by atoms with E-state index in [4.69, 9.17) is 17.3 Å². The number of rotatable bonds is 2. The number of nitrogens with two attached hydrogens (primary N) is 1. The van der Waals surface area contributed by atoms with Crippen LogP contribution in [0.25, 0.3) is 0 Å². The van der Waals surface area contributed by atoms with Gasteiger partial charge in [0.1, 0.15) is 6.04 Å². The molecular formula is C9H7ClF5N. The number of halogens is 6. The Balaban J connectivity index is 3.12. The quantitative estimate of drug-likeness (QED) is 0.808. The van der Waals surface area contributed by atoms with Crippen LogP contribution < -0.4 is 5.73 Å². The molecule has 0 aromatic heterocycles. The topological polar surface area (TPSA) is 26.0 Å². The van der Waals surface area contributed by atoms with Crippen LogP contribution in [0.2, 0.25) is 5.02 Å². The summed E-state index contributed by atoms with van der Waals surface area (Å²) < 4.78 is 61.8. The van der Waals surface area contributed by atoms with Gasteiger partial charge in [-0.25, -0.2) is 0 Å². The smallest absolute Gasteiger partial charge is 0.319 e. The first-order chi connectivity index (χ1) is 7.18. The fourth-order valence-electron chi connectivity index (χ4n) is 1.10. The third-order valence-corrected chi connectivity index (χ3v) is 2.35. The summed E-state index contributed by atoms with van der Waals surface area (Å²) in [6.45, 7) is 0. The second kappa shape index (κ2) is 4.18. The van der Waals surface area contributed by atoms with Crippen LogP contribution in [0.5, 0.6) is 0 Å². The van der Waals surface area contributed by atoms with Crippen LogP contribution in [-0.2, 0) is 0 Å². The zero-order valence-corrected chi connectivity index (χ0v) is 8.49. The van der Waals surface area contributed by atoms with Gasteiger partial charge >= 0.3 is 12.1 Å². The summed E-state index contributed by atoms with van der Waals surface area (Å²) in [5.74, 6) is -5.02. The highest BCUT2D eigenvalue weighted by molar-refractivity contribution is 6.31. The molecule has 0 aliphatic carbocycles. The van der Waals surface area contributed by atoms with Gasteiger partial charge in [0.25, 0.3) is 0 Å². The molecular weight excluding hydrogens is 253 g/mol. The van der Waals surface area contributed by atoms with Crippen LogP contribution in [0.1, 0.15) is 11.6 Å². The molecule has 0 heterocycles. The molecule has 1 rings (SSSR count). The predicted molar refractivity (Wildman–Crippen MR) is 49.4 cm³/mol. The summed E-state index contributed by atoms with van der Waals surface area (Å²) in [6, 6.07) is 2.41. The Hall–Kier alpha value is -0.880. The second-order valence-electron chi connectivity index (χ2n) is 3.12. The zero-order chi connectivity index (χ0) is 12.6. The minimum atomic E-state index is -5.70. The largest absolute Gasteiger partial charge is 0.455 e. The van der Waals surface area contributed by atoms with Crippen molar-refractivity contribution in [2.45, 2.75) is 18.1 Å². The molecule has 0 saturated heterocycles. The highest BCUT2D eigenvalue weighted by Gasteiger charge is 2.61. The lowest BCUT2D eigenvalue weighted by Gasteiger charge is -2.26. The lowest BCUT2D eigenvalue weighted by molar-refractivity contribution is -0.290. The SMILES string of the molecule is N[C@H](c1ccccc1Cl)C(F)(F)C(F)(F)F. The summed E-state index contributed by atoms with van der Waals surface area (Å²) in [7, 11) is 0. The van der Waals surface area contributed by atoms with E-state index in [0.717, 1.165) is 6.07 Å². The van der Waals surface area contributed by atoms with E-state index in [0.29, 0.717) is 0 Å². The van der Waals surface area contributed by atoms with Crippen LogP contribution in [-0.4, -0.2) is 12.1 Å². The van der Waals surface area contributed by atoms with E-state index in [2.05, 4.69) is 0 Å². The summed E-state index contributed by atoms with van der Waals surface area (Å²) in [6.07, 6.45) is -5.70. The molecule has 0 saturated carbocycles. The predicted octanol–water partition coefficient (Wildman–Crippen LogP) is 3.54. The van der Waals surface area contributed by atoms with Crippen LogP contribution in [0, 0.1) is 0 Å². The first-order valence-corrected chi connectivity index (χ1v) is 4.50. The molecule has 1 aromatic carbocycles. The molecule has 7 heteroatoms. The van der Waals surface area contributed by atoms with E-state index >= 15 is 0 Å². The maximum atomic E-state index is 12.9. The molecule has 0 aliphatic heterocycles. The second-order valence-corrected chi connectivity index (χ2v) is 3.53. The van der Waals surface area contributed by atoms with Crippen molar-refractivity contribution in [2.75, 3.05) is 0 Å². The standard InChI is InChI=1S/C9H7ClF5N/c10-6-4-2-1-3-5(6)7(16)8(11,12)9(13,14)15/h1-4,7H,16H2/t7-/m1/s1. The van der Waals surface area contributed by atoms with Gasteiger partial charge in [-0.3, -0.25) is 0 Å². The van der Waals surface area contributed by atoms with E-state index in [9.17, 15) is 22.0 Å². The third-order valence-electron chi connectivity index (χ3n) is 2.01. The van der Waals surface area contributed by atoms with Gasteiger partial charge in [-0.2, -0.15) is 22.0 Å². The molecule has 0 spiro atoms. The fourth-order valence-corrected chi connectivity index (χ4v) is 1.35. The van der Waals surface area contributed by atoms with Crippen molar-refractivity contribution < 1.29 is 22.0 Å². The normalized spacial score (nSPS) is 14.9. The van der Waals surface area contributed by atoms with Crippen molar-refractivity contribution in [2.24, 2.45) is 5.73 Å². The van der Waals surface area contributed by atoms with Gasteiger partial charge in [0.2, 0.25) is 0 Å². The van der Waals surface area contributed by atoms with Crippen molar-refractivity contribution in [3.63, 3.8) is 0 Å². The Morgan fingerprint density at radius 2 is 1.56 bits per heavy atom. The molecule has 0 fully saturated rings. The molecule has 0 aliphatic rings. The summed E-state index contributed by atoms with van der Waals surface area (Å²) in [4.78, 5) is 0. The molecule has 16 heavy (non-hydrogen) atoms. The molecule has 0 radical (unpaired) electrons. The van der Waals surface area contributed by atoms with Gasteiger partial charge in [-0.1, -0.05) is 29.8 Å². The Morgan fingerprint density at radius 3 is 2.00 bits per heavy atom. The van der Waals surface area contributed by atoms with Gasteiger partial charge in [0, 0.05) is 5.02 Å². The molecule has 0 bridgehead atoms. The number of hydrogen-bond donors (Lipinski definition) is 1. The van der Waals surface area contributed by atoms with Crippen molar-refractivity contribution in [3.8, 4) is 0 Å². The average molecular weight is 260 g/mol. The summed E-state index contributed by atoms with van der Waals surface area (Å²) in [5.41, 5.74) is 4.47.